The molecule has 0 aromatic heterocycles. The highest BCUT2D eigenvalue weighted by atomic mass is 16.1. The second-order valence-corrected chi connectivity index (χ2v) is 10.2. The SMILES string of the molecule is C=C(/C(=C\N=C(C)C(=O)Nc1cccc(-c2cccc(NC)c2C)c1C)CNC1CCCC1)C1CC1. The van der Waals surface area contributed by atoms with E-state index in [4.69, 9.17) is 0 Å². The third-order valence-electron chi connectivity index (χ3n) is 7.64. The van der Waals surface area contributed by atoms with Crippen molar-refractivity contribution in [2.24, 2.45) is 10.9 Å². The van der Waals surface area contributed by atoms with Gasteiger partial charge >= 0.3 is 0 Å². The number of rotatable bonds is 10. The second-order valence-electron chi connectivity index (χ2n) is 10.2. The van der Waals surface area contributed by atoms with Crippen LogP contribution in [0.4, 0.5) is 11.4 Å². The molecule has 2 saturated carbocycles. The molecule has 2 aromatic rings. The molecule has 1 amide bonds. The molecule has 0 atom stereocenters. The van der Waals surface area contributed by atoms with E-state index >= 15 is 0 Å². The Morgan fingerprint density at radius 2 is 1.61 bits per heavy atom. The summed E-state index contributed by atoms with van der Waals surface area (Å²) in [5.74, 6) is 0.383. The fourth-order valence-corrected chi connectivity index (χ4v) is 5.03. The lowest BCUT2D eigenvalue weighted by Gasteiger charge is -2.16. The number of carbonyl (C=O) groups excluding carboxylic acids is 1. The lowest BCUT2D eigenvalue weighted by Crippen LogP contribution is -2.28. The molecule has 0 unspecified atom stereocenters. The number of nitrogens with zero attached hydrogens (tertiary/aromatic N) is 1. The molecule has 2 aromatic carbocycles. The summed E-state index contributed by atoms with van der Waals surface area (Å²) in [5, 5.41) is 10.0. The van der Waals surface area contributed by atoms with Gasteiger partial charge in [-0.1, -0.05) is 43.7 Å². The Morgan fingerprint density at radius 3 is 2.22 bits per heavy atom. The number of benzene rings is 2. The number of amides is 1. The molecule has 3 N–H and O–H groups in total. The molecule has 2 aliphatic rings. The number of aliphatic imine (C=N–C) groups is 1. The predicted molar refractivity (Wildman–Crippen MR) is 153 cm³/mol. The van der Waals surface area contributed by atoms with Gasteiger partial charge in [0.25, 0.3) is 5.91 Å². The third-order valence-corrected chi connectivity index (χ3v) is 7.64. The Morgan fingerprint density at radius 1 is 1.00 bits per heavy atom. The molecule has 4 rings (SSSR count). The molecule has 5 nitrogen and oxygen atoms in total. The molecule has 5 heteroatoms. The molecule has 0 bridgehead atoms. The first-order valence-electron chi connectivity index (χ1n) is 13.2. The number of carbonyl (C=O) groups is 1. The quantitative estimate of drug-likeness (QED) is 0.257. The van der Waals surface area contributed by atoms with Crippen molar-refractivity contribution in [2.45, 2.75) is 65.3 Å². The highest BCUT2D eigenvalue weighted by molar-refractivity contribution is 6.42. The van der Waals surface area contributed by atoms with Crippen LogP contribution in [0.15, 0.2) is 65.3 Å². The van der Waals surface area contributed by atoms with Crippen LogP contribution in [0.1, 0.15) is 56.6 Å². The first-order valence-corrected chi connectivity index (χ1v) is 13.2. The first kappa shape index (κ1) is 25.9. The van der Waals surface area contributed by atoms with Crippen molar-refractivity contribution in [3.63, 3.8) is 0 Å². The van der Waals surface area contributed by atoms with Gasteiger partial charge in [-0.3, -0.25) is 9.79 Å². The van der Waals surface area contributed by atoms with Crippen molar-refractivity contribution in [3.05, 3.63) is 71.5 Å². The third kappa shape index (κ3) is 6.14. The van der Waals surface area contributed by atoms with Gasteiger partial charge in [0.05, 0.1) is 0 Å². The molecular weight excluding hydrogens is 444 g/mol. The van der Waals surface area contributed by atoms with E-state index in [1.165, 1.54) is 49.7 Å². The Bertz CT molecular complexity index is 1180. The lowest BCUT2D eigenvalue weighted by atomic mass is 9.94. The van der Waals surface area contributed by atoms with Gasteiger partial charge in [0, 0.05) is 37.2 Å². The minimum atomic E-state index is -0.188. The van der Waals surface area contributed by atoms with Crippen molar-refractivity contribution < 1.29 is 4.79 Å². The normalized spacial score (nSPS) is 16.8. The van der Waals surface area contributed by atoms with Crippen LogP contribution in [0.3, 0.4) is 0 Å². The Labute approximate surface area is 216 Å². The number of hydrogen-bond acceptors (Lipinski definition) is 4. The van der Waals surface area contributed by atoms with Crippen molar-refractivity contribution in [1.82, 2.24) is 5.32 Å². The van der Waals surface area contributed by atoms with Crippen molar-refractivity contribution >= 4 is 23.0 Å². The highest BCUT2D eigenvalue weighted by Crippen LogP contribution is 2.39. The molecule has 2 aliphatic carbocycles. The van der Waals surface area contributed by atoms with E-state index in [1.54, 1.807) is 6.92 Å². The average molecular weight is 485 g/mol. The standard InChI is InChI=1S/C31H40N4O/c1-20(24-16-17-24)25(19-34-26-10-6-7-11-26)18-33-23(4)31(36)35-30-15-9-13-28(22(30)3)27-12-8-14-29(32-5)21(27)2/h8-9,12-15,18,24,26,32,34H,1,6-7,10-11,16-17,19H2,2-5H3,(H,35,36)/b25-18-,33-23?. The van der Waals surface area contributed by atoms with Crippen LogP contribution in [0, 0.1) is 19.8 Å². The van der Waals surface area contributed by atoms with Crippen LogP contribution in [0.25, 0.3) is 11.1 Å². The summed E-state index contributed by atoms with van der Waals surface area (Å²) in [6.07, 6.45) is 9.35. The van der Waals surface area contributed by atoms with Crippen LogP contribution in [0.2, 0.25) is 0 Å². The van der Waals surface area contributed by atoms with Crippen molar-refractivity contribution in [1.29, 1.82) is 0 Å². The van der Waals surface area contributed by atoms with Gasteiger partial charge in [-0.2, -0.15) is 0 Å². The van der Waals surface area contributed by atoms with Gasteiger partial charge in [-0.05, 0) is 97.9 Å². The Kier molecular flexibility index (Phi) is 8.42. The minimum Gasteiger partial charge on any atom is -0.388 e. The average Bonchev–Trinajstić information content (AvgIpc) is 3.60. The van der Waals surface area contributed by atoms with E-state index in [2.05, 4.69) is 65.6 Å². The summed E-state index contributed by atoms with van der Waals surface area (Å²) in [4.78, 5) is 17.6. The zero-order valence-electron chi connectivity index (χ0n) is 22.2. The molecule has 36 heavy (non-hydrogen) atoms. The van der Waals surface area contributed by atoms with Crippen molar-refractivity contribution in [2.75, 3.05) is 24.2 Å². The summed E-state index contributed by atoms with van der Waals surface area (Å²) in [7, 11) is 1.93. The predicted octanol–water partition coefficient (Wildman–Crippen LogP) is 6.79. The van der Waals surface area contributed by atoms with Gasteiger partial charge < -0.3 is 16.0 Å². The summed E-state index contributed by atoms with van der Waals surface area (Å²) in [6, 6.07) is 12.9. The monoisotopic (exact) mass is 484 g/mol. The van der Waals surface area contributed by atoms with Gasteiger partial charge in [0.15, 0.2) is 0 Å². The fraction of sp³-hybridized carbons (Fsp3) is 0.419. The summed E-state index contributed by atoms with van der Waals surface area (Å²) >= 11 is 0. The first-order chi connectivity index (χ1) is 17.4. The smallest absolute Gasteiger partial charge is 0.269 e. The summed E-state index contributed by atoms with van der Waals surface area (Å²) in [6.45, 7) is 11.0. The Balaban J connectivity index is 1.50. The molecule has 2 fully saturated rings. The number of anilines is 2. The maximum absolute atomic E-state index is 13.1. The number of hydrogen-bond donors (Lipinski definition) is 3. The largest absolute Gasteiger partial charge is 0.388 e. The second kappa shape index (κ2) is 11.7. The van der Waals surface area contributed by atoms with Crippen molar-refractivity contribution in [3.8, 4) is 11.1 Å². The minimum absolute atomic E-state index is 0.188. The van der Waals surface area contributed by atoms with Gasteiger partial charge in [-0.25, -0.2) is 0 Å². The molecule has 0 aliphatic heterocycles. The van der Waals surface area contributed by atoms with Crippen LogP contribution in [-0.2, 0) is 4.79 Å². The van der Waals surface area contributed by atoms with E-state index < -0.39 is 0 Å². The van der Waals surface area contributed by atoms with Crippen LogP contribution in [0.5, 0.6) is 0 Å². The van der Waals surface area contributed by atoms with Gasteiger partial charge in [0.2, 0.25) is 0 Å². The maximum Gasteiger partial charge on any atom is 0.269 e. The molecule has 0 heterocycles. The molecule has 0 spiro atoms. The summed E-state index contributed by atoms with van der Waals surface area (Å²) in [5.41, 5.74) is 9.11. The Hall–Kier alpha value is -3.18. The van der Waals surface area contributed by atoms with Gasteiger partial charge in [-0.15, -0.1) is 0 Å². The van der Waals surface area contributed by atoms with Gasteiger partial charge in [0.1, 0.15) is 5.71 Å². The highest BCUT2D eigenvalue weighted by Gasteiger charge is 2.27. The van der Waals surface area contributed by atoms with E-state index in [0.29, 0.717) is 17.7 Å². The topological polar surface area (TPSA) is 65.5 Å². The van der Waals surface area contributed by atoms with E-state index in [9.17, 15) is 4.79 Å². The molecular formula is C31H40N4O. The fourth-order valence-electron chi connectivity index (χ4n) is 5.03. The van der Waals surface area contributed by atoms with E-state index in [-0.39, 0.29) is 5.91 Å². The molecule has 190 valence electrons. The molecule has 0 radical (unpaired) electrons. The maximum atomic E-state index is 13.1. The zero-order valence-corrected chi connectivity index (χ0v) is 22.2. The van der Waals surface area contributed by atoms with E-state index in [0.717, 1.165) is 40.2 Å². The van der Waals surface area contributed by atoms with Crippen LogP contribution >= 0.6 is 0 Å². The van der Waals surface area contributed by atoms with Crippen LogP contribution in [-0.4, -0.2) is 31.3 Å². The lowest BCUT2D eigenvalue weighted by molar-refractivity contribution is -0.110. The zero-order chi connectivity index (χ0) is 25.7. The van der Waals surface area contributed by atoms with Crippen LogP contribution < -0.4 is 16.0 Å². The number of nitrogens with one attached hydrogen (secondary N) is 3. The van der Waals surface area contributed by atoms with E-state index in [1.807, 2.05) is 25.4 Å². The summed E-state index contributed by atoms with van der Waals surface area (Å²) < 4.78 is 0. The molecule has 0 saturated heterocycles.